The Balaban J connectivity index is 1.55. The molecule has 0 unspecified atom stereocenters. The van der Waals surface area contributed by atoms with Gasteiger partial charge in [-0.15, -0.1) is 22.7 Å². The predicted molar refractivity (Wildman–Crippen MR) is 120 cm³/mol. The smallest absolute Gasteiger partial charge is 0.136 e. The molecule has 2 aromatic heterocycles. The van der Waals surface area contributed by atoms with Crippen LogP contribution in [0.2, 0.25) is 0 Å². The standard InChI is InChI=1S/C23H21N3OS2/c1-22(27)12-23(24,13-22)17-9-7-15(8-10-17)19-20(16-5-3-2-4-6-16)29-21(26-19)18-11-25-14-28-18/h2-11,14,27H,12-13,24H2,1H3/t22-,23-. The molecule has 3 N–H and O–H groups in total. The van der Waals surface area contributed by atoms with Gasteiger partial charge in [-0.1, -0.05) is 54.6 Å². The largest absolute Gasteiger partial charge is 0.390 e. The highest BCUT2D eigenvalue weighted by atomic mass is 32.1. The van der Waals surface area contributed by atoms with Crippen molar-refractivity contribution in [1.82, 2.24) is 9.97 Å². The van der Waals surface area contributed by atoms with Crippen molar-refractivity contribution in [2.24, 2.45) is 5.73 Å². The summed E-state index contributed by atoms with van der Waals surface area (Å²) < 4.78 is 0. The topological polar surface area (TPSA) is 72.0 Å². The molecular weight excluding hydrogens is 398 g/mol. The number of nitrogens with two attached hydrogens (primary N) is 1. The van der Waals surface area contributed by atoms with Crippen LogP contribution in [-0.2, 0) is 5.54 Å². The van der Waals surface area contributed by atoms with Crippen LogP contribution in [0.5, 0.6) is 0 Å². The summed E-state index contributed by atoms with van der Waals surface area (Å²) in [6.07, 6.45) is 3.04. The van der Waals surface area contributed by atoms with Crippen LogP contribution < -0.4 is 5.73 Å². The van der Waals surface area contributed by atoms with E-state index in [2.05, 4.69) is 53.5 Å². The molecule has 1 aliphatic carbocycles. The normalized spacial score (nSPS) is 23.7. The molecule has 4 aromatic rings. The molecule has 2 heterocycles. The molecule has 0 amide bonds. The molecule has 5 rings (SSSR count). The summed E-state index contributed by atoms with van der Waals surface area (Å²) in [4.78, 5) is 11.4. The predicted octanol–water partition coefficient (Wildman–Crippen LogP) is 5.30. The minimum absolute atomic E-state index is 0.444. The van der Waals surface area contributed by atoms with Crippen molar-refractivity contribution in [3.8, 4) is 31.6 Å². The van der Waals surface area contributed by atoms with E-state index in [9.17, 15) is 5.11 Å². The second kappa shape index (κ2) is 6.85. The highest BCUT2D eigenvalue weighted by Crippen LogP contribution is 2.47. The summed E-state index contributed by atoms with van der Waals surface area (Å²) in [7, 11) is 0. The molecule has 0 saturated heterocycles. The summed E-state index contributed by atoms with van der Waals surface area (Å²) in [5, 5.41) is 11.1. The Bertz CT molecular complexity index is 1120. The van der Waals surface area contributed by atoms with Crippen LogP contribution in [-0.4, -0.2) is 20.7 Å². The Hall–Kier alpha value is -2.38. The fourth-order valence-electron chi connectivity index (χ4n) is 4.20. The van der Waals surface area contributed by atoms with Crippen LogP contribution in [0.3, 0.4) is 0 Å². The number of hydrogen-bond donors (Lipinski definition) is 2. The molecular formula is C23H21N3OS2. The summed E-state index contributed by atoms with van der Waals surface area (Å²) in [5.74, 6) is 0. The third kappa shape index (κ3) is 3.42. The molecule has 6 heteroatoms. The number of aromatic nitrogens is 2. The van der Waals surface area contributed by atoms with Crippen LogP contribution in [0, 0.1) is 0 Å². The van der Waals surface area contributed by atoms with Gasteiger partial charge in [-0.25, -0.2) is 4.98 Å². The lowest BCUT2D eigenvalue weighted by Crippen LogP contribution is -2.58. The minimum atomic E-state index is -0.660. The van der Waals surface area contributed by atoms with Gasteiger partial charge in [-0.2, -0.15) is 0 Å². The van der Waals surface area contributed by atoms with Gasteiger partial charge >= 0.3 is 0 Å². The number of thiazole rings is 2. The van der Waals surface area contributed by atoms with E-state index in [-0.39, 0.29) is 0 Å². The average Bonchev–Trinajstić information content (AvgIpc) is 3.37. The van der Waals surface area contributed by atoms with Gasteiger partial charge < -0.3 is 10.8 Å². The number of rotatable bonds is 4. The van der Waals surface area contributed by atoms with Gasteiger partial charge in [0.1, 0.15) is 5.01 Å². The Morgan fingerprint density at radius 3 is 2.34 bits per heavy atom. The zero-order valence-corrected chi connectivity index (χ0v) is 17.6. The molecule has 2 aromatic carbocycles. The molecule has 4 nitrogen and oxygen atoms in total. The summed E-state index contributed by atoms with van der Waals surface area (Å²) in [6, 6.07) is 18.7. The van der Waals surface area contributed by atoms with E-state index in [1.54, 1.807) is 22.7 Å². The van der Waals surface area contributed by atoms with Crippen LogP contribution in [0.15, 0.2) is 66.3 Å². The van der Waals surface area contributed by atoms with Gasteiger partial charge in [0.2, 0.25) is 0 Å². The van der Waals surface area contributed by atoms with E-state index >= 15 is 0 Å². The van der Waals surface area contributed by atoms with E-state index in [1.807, 2.05) is 24.7 Å². The molecule has 1 fully saturated rings. The second-order valence-corrected chi connectivity index (χ2v) is 9.90. The monoisotopic (exact) mass is 419 g/mol. The second-order valence-electron chi connectivity index (χ2n) is 8.01. The first kappa shape index (κ1) is 18.6. The van der Waals surface area contributed by atoms with Crippen LogP contribution in [0.4, 0.5) is 0 Å². The van der Waals surface area contributed by atoms with Crippen molar-refractivity contribution in [3.05, 3.63) is 71.9 Å². The van der Waals surface area contributed by atoms with E-state index in [0.717, 1.165) is 37.1 Å². The van der Waals surface area contributed by atoms with Gasteiger partial charge in [0.25, 0.3) is 0 Å². The molecule has 1 aliphatic rings. The van der Waals surface area contributed by atoms with Crippen molar-refractivity contribution >= 4 is 22.7 Å². The molecule has 0 bridgehead atoms. The quantitative estimate of drug-likeness (QED) is 0.471. The zero-order valence-electron chi connectivity index (χ0n) is 16.0. The van der Waals surface area contributed by atoms with Crippen molar-refractivity contribution < 1.29 is 5.11 Å². The maximum absolute atomic E-state index is 10.1. The van der Waals surface area contributed by atoms with Crippen molar-refractivity contribution in [1.29, 1.82) is 0 Å². The first-order valence-electron chi connectivity index (χ1n) is 9.51. The van der Waals surface area contributed by atoms with Gasteiger partial charge in [-0.3, -0.25) is 4.98 Å². The molecule has 0 atom stereocenters. The van der Waals surface area contributed by atoms with E-state index in [4.69, 9.17) is 10.7 Å². The average molecular weight is 420 g/mol. The summed E-state index contributed by atoms with van der Waals surface area (Å²) >= 11 is 3.29. The maximum atomic E-state index is 10.1. The Kier molecular flexibility index (Phi) is 4.40. The van der Waals surface area contributed by atoms with Gasteiger partial charge in [0.05, 0.1) is 26.6 Å². The minimum Gasteiger partial charge on any atom is -0.390 e. The molecule has 0 radical (unpaired) electrons. The maximum Gasteiger partial charge on any atom is 0.136 e. The van der Waals surface area contributed by atoms with E-state index in [0.29, 0.717) is 12.8 Å². The third-order valence-corrected chi connectivity index (χ3v) is 7.48. The van der Waals surface area contributed by atoms with Gasteiger partial charge in [-0.05, 0) is 30.9 Å². The molecule has 0 aliphatic heterocycles. The van der Waals surface area contributed by atoms with Gasteiger partial charge in [0, 0.05) is 17.3 Å². The lowest BCUT2D eigenvalue weighted by molar-refractivity contribution is -0.0738. The fraction of sp³-hybridized carbons (Fsp3) is 0.217. The van der Waals surface area contributed by atoms with Crippen LogP contribution >= 0.6 is 22.7 Å². The van der Waals surface area contributed by atoms with Crippen LogP contribution in [0.1, 0.15) is 25.3 Å². The van der Waals surface area contributed by atoms with Crippen molar-refractivity contribution in [2.45, 2.75) is 30.9 Å². The van der Waals surface area contributed by atoms with Crippen LogP contribution in [0.25, 0.3) is 31.6 Å². The Labute approximate surface area is 177 Å². The molecule has 0 spiro atoms. The SMILES string of the molecule is C[C@]1(O)C[C@@](N)(c2ccc(-c3nc(-c4cncs4)sc3-c3ccccc3)cc2)C1. The Morgan fingerprint density at radius 1 is 1.00 bits per heavy atom. The highest BCUT2D eigenvalue weighted by molar-refractivity contribution is 7.23. The lowest BCUT2D eigenvalue weighted by atomic mass is 9.63. The first-order valence-corrected chi connectivity index (χ1v) is 11.2. The molecule has 29 heavy (non-hydrogen) atoms. The number of benzene rings is 2. The number of aliphatic hydroxyl groups is 1. The number of nitrogens with zero attached hydrogens (tertiary/aromatic N) is 2. The summed E-state index contributed by atoms with van der Waals surface area (Å²) in [5.41, 5.74) is 11.5. The lowest BCUT2D eigenvalue weighted by Gasteiger charge is -2.49. The molecule has 146 valence electrons. The first-order chi connectivity index (χ1) is 13.9. The Morgan fingerprint density at radius 2 is 1.72 bits per heavy atom. The van der Waals surface area contributed by atoms with E-state index < -0.39 is 11.1 Å². The highest BCUT2D eigenvalue weighted by Gasteiger charge is 2.49. The molecule has 1 saturated carbocycles. The summed E-state index contributed by atoms with van der Waals surface area (Å²) in [6.45, 7) is 1.84. The fourth-order valence-corrected chi connectivity index (χ4v) is 5.97. The van der Waals surface area contributed by atoms with Crippen molar-refractivity contribution in [3.63, 3.8) is 0 Å². The van der Waals surface area contributed by atoms with Crippen molar-refractivity contribution in [2.75, 3.05) is 0 Å². The van der Waals surface area contributed by atoms with E-state index in [1.165, 1.54) is 0 Å². The van der Waals surface area contributed by atoms with Gasteiger partial charge in [0.15, 0.2) is 0 Å². The zero-order chi connectivity index (χ0) is 20.1. The number of hydrogen-bond acceptors (Lipinski definition) is 6. The third-order valence-electron chi connectivity index (χ3n) is 5.43.